The highest BCUT2D eigenvalue weighted by Gasteiger charge is 2.13. The molecule has 2 aromatic heterocycles. The van der Waals surface area contributed by atoms with Gasteiger partial charge in [0.25, 0.3) is 0 Å². The minimum absolute atomic E-state index is 0.260. The molecule has 0 fully saturated rings. The molecule has 0 aliphatic heterocycles. The van der Waals surface area contributed by atoms with Crippen molar-refractivity contribution in [2.45, 2.75) is 6.92 Å². The Hall–Kier alpha value is -4.00. The lowest BCUT2D eigenvalue weighted by molar-refractivity contribution is 0.628. The first-order chi connectivity index (χ1) is 14.6. The average Bonchev–Trinajstić information content (AvgIpc) is 3.34. The number of para-hydroxylation sites is 1. The number of nitrogens with one attached hydrogen (secondary N) is 1. The average molecular weight is 398 g/mol. The summed E-state index contributed by atoms with van der Waals surface area (Å²) in [6.45, 7) is 1.86. The van der Waals surface area contributed by atoms with E-state index in [-0.39, 0.29) is 5.82 Å². The monoisotopic (exact) mass is 398 g/mol. The molecule has 148 valence electrons. The maximum absolute atomic E-state index is 13.3. The van der Waals surface area contributed by atoms with Crippen molar-refractivity contribution in [2.75, 3.05) is 5.32 Å². The first kappa shape index (κ1) is 18.1. The van der Waals surface area contributed by atoms with Gasteiger partial charge < -0.3 is 9.88 Å². The summed E-state index contributed by atoms with van der Waals surface area (Å²) in [5.41, 5.74) is 5.51. The summed E-state index contributed by atoms with van der Waals surface area (Å²) in [6, 6.07) is 20.4. The molecule has 0 saturated carbocycles. The zero-order chi connectivity index (χ0) is 20.7. The van der Waals surface area contributed by atoms with Gasteiger partial charge in [0.05, 0.1) is 16.9 Å². The SMILES string of the molecule is Cc1ncn(-c2ccc(Nc3cccc4c3nc(-c3ccc(F)cc3)n4C)cc2)n1. The fraction of sp³-hybridized carbons (Fsp3) is 0.0870. The van der Waals surface area contributed by atoms with Crippen LogP contribution in [-0.2, 0) is 7.05 Å². The second kappa shape index (κ2) is 7.11. The van der Waals surface area contributed by atoms with E-state index in [4.69, 9.17) is 4.98 Å². The van der Waals surface area contributed by atoms with Gasteiger partial charge in [-0.15, -0.1) is 0 Å². The van der Waals surface area contributed by atoms with Crippen molar-refractivity contribution in [3.05, 3.63) is 84.7 Å². The van der Waals surface area contributed by atoms with Crippen molar-refractivity contribution >= 4 is 22.4 Å². The summed E-state index contributed by atoms with van der Waals surface area (Å²) in [5.74, 6) is 1.26. The minimum atomic E-state index is -0.260. The summed E-state index contributed by atoms with van der Waals surface area (Å²) in [5, 5.41) is 7.78. The Morgan fingerprint density at radius 2 is 1.70 bits per heavy atom. The third-order valence-electron chi connectivity index (χ3n) is 5.03. The van der Waals surface area contributed by atoms with Crippen LogP contribution in [0.5, 0.6) is 0 Å². The molecule has 7 heteroatoms. The molecule has 0 radical (unpaired) electrons. The first-order valence-electron chi connectivity index (χ1n) is 9.55. The Bertz CT molecular complexity index is 1330. The van der Waals surface area contributed by atoms with Crippen LogP contribution in [0.15, 0.2) is 73.1 Å². The molecule has 0 atom stereocenters. The minimum Gasteiger partial charge on any atom is -0.354 e. The lowest BCUT2D eigenvalue weighted by Crippen LogP contribution is -1.96. The molecule has 0 saturated heterocycles. The molecule has 5 aromatic rings. The number of aromatic nitrogens is 5. The van der Waals surface area contributed by atoms with Crippen LogP contribution < -0.4 is 5.32 Å². The fourth-order valence-corrected chi connectivity index (χ4v) is 3.50. The van der Waals surface area contributed by atoms with Crippen LogP contribution in [0, 0.1) is 12.7 Å². The highest BCUT2D eigenvalue weighted by atomic mass is 19.1. The quantitative estimate of drug-likeness (QED) is 0.462. The number of rotatable bonds is 4. The van der Waals surface area contributed by atoms with Crippen molar-refractivity contribution in [3.8, 4) is 17.1 Å². The van der Waals surface area contributed by atoms with Gasteiger partial charge in [0.15, 0.2) is 0 Å². The third kappa shape index (κ3) is 3.20. The molecule has 1 N–H and O–H groups in total. The highest BCUT2D eigenvalue weighted by Crippen LogP contribution is 2.30. The molecule has 0 unspecified atom stereocenters. The Balaban J connectivity index is 1.49. The number of benzene rings is 3. The topological polar surface area (TPSA) is 60.6 Å². The molecule has 0 aliphatic rings. The third-order valence-corrected chi connectivity index (χ3v) is 5.03. The van der Waals surface area contributed by atoms with E-state index in [1.54, 1.807) is 23.1 Å². The van der Waals surface area contributed by atoms with Gasteiger partial charge in [0.1, 0.15) is 29.3 Å². The van der Waals surface area contributed by atoms with E-state index in [9.17, 15) is 4.39 Å². The lowest BCUT2D eigenvalue weighted by Gasteiger charge is -2.08. The summed E-state index contributed by atoms with van der Waals surface area (Å²) < 4.78 is 17.1. The number of hydrogen-bond acceptors (Lipinski definition) is 4. The van der Waals surface area contributed by atoms with Crippen molar-refractivity contribution in [1.29, 1.82) is 0 Å². The van der Waals surface area contributed by atoms with Gasteiger partial charge in [-0.1, -0.05) is 6.07 Å². The van der Waals surface area contributed by atoms with Crippen LogP contribution >= 0.6 is 0 Å². The van der Waals surface area contributed by atoms with Crippen molar-refractivity contribution in [2.24, 2.45) is 7.05 Å². The zero-order valence-corrected chi connectivity index (χ0v) is 16.5. The molecule has 0 spiro atoms. The van der Waals surface area contributed by atoms with Gasteiger partial charge >= 0.3 is 0 Å². The predicted octanol–water partition coefficient (Wildman–Crippen LogP) is 5.01. The van der Waals surface area contributed by atoms with Gasteiger partial charge in [-0.05, 0) is 67.6 Å². The number of aryl methyl sites for hydroxylation is 2. The number of nitrogens with zero attached hydrogens (tertiary/aromatic N) is 5. The van der Waals surface area contributed by atoms with Gasteiger partial charge in [0.2, 0.25) is 0 Å². The van der Waals surface area contributed by atoms with Gasteiger partial charge in [-0.25, -0.2) is 19.0 Å². The van der Waals surface area contributed by atoms with E-state index < -0.39 is 0 Å². The summed E-state index contributed by atoms with van der Waals surface area (Å²) in [6.07, 6.45) is 1.70. The van der Waals surface area contributed by atoms with Crippen molar-refractivity contribution < 1.29 is 4.39 Å². The van der Waals surface area contributed by atoms with Crippen LogP contribution in [0.2, 0.25) is 0 Å². The van der Waals surface area contributed by atoms with Crippen LogP contribution in [0.1, 0.15) is 5.82 Å². The molecule has 0 aliphatic carbocycles. The number of imidazole rings is 1. The van der Waals surface area contributed by atoms with Gasteiger partial charge in [-0.3, -0.25) is 0 Å². The van der Waals surface area contributed by atoms with Gasteiger partial charge in [0, 0.05) is 18.3 Å². The van der Waals surface area contributed by atoms with Crippen molar-refractivity contribution in [3.63, 3.8) is 0 Å². The Kier molecular flexibility index (Phi) is 4.28. The predicted molar refractivity (Wildman–Crippen MR) is 115 cm³/mol. The van der Waals surface area contributed by atoms with E-state index in [0.717, 1.165) is 45.3 Å². The molecule has 5 rings (SSSR count). The van der Waals surface area contributed by atoms with Crippen LogP contribution in [0.4, 0.5) is 15.8 Å². The number of fused-ring (bicyclic) bond motifs is 1. The Labute approximate surface area is 172 Å². The van der Waals surface area contributed by atoms with E-state index in [1.807, 2.05) is 61.0 Å². The van der Waals surface area contributed by atoms with Crippen LogP contribution in [0.3, 0.4) is 0 Å². The summed E-state index contributed by atoms with van der Waals surface area (Å²) in [4.78, 5) is 8.99. The molecule has 0 bridgehead atoms. The summed E-state index contributed by atoms with van der Waals surface area (Å²) >= 11 is 0. The van der Waals surface area contributed by atoms with Crippen molar-refractivity contribution in [1.82, 2.24) is 24.3 Å². The zero-order valence-electron chi connectivity index (χ0n) is 16.5. The van der Waals surface area contributed by atoms with E-state index >= 15 is 0 Å². The number of anilines is 2. The molecule has 2 heterocycles. The normalized spacial score (nSPS) is 11.2. The molecular formula is C23H19FN6. The lowest BCUT2D eigenvalue weighted by atomic mass is 10.2. The second-order valence-corrected chi connectivity index (χ2v) is 7.08. The maximum Gasteiger partial charge on any atom is 0.147 e. The van der Waals surface area contributed by atoms with E-state index in [1.165, 1.54) is 12.1 Å². The van der Waals surface area contributed by atoms with Crippen LogP contribution in [0.25, 0.3) is 28.1 Å². The van der Waals surface area contributed by atoms with E-state index in [0.29, 0.717) is 0 Å². The molecule has 30 heavy (non-hydrogen) atoms. The Morgan fingerprint density at radius 1 is 0.933 bits per heavy atom. The first-order valence-corrected chi connectivity index (χ1v) is 9.55. The fourth-order valence-electron chi connectivity index (χ4n) is 3.50. The van der Waals surface area contributed by atoms with Crippen LogP contribution in [-0.4, -0.2) is 24.3 Å². The molecule has 3 aromatic carbocycles. The van der Waals surface area contributed by atoms with E-state index in [2.05, 4.69) is 15.4 Å². The molecule has 0 amide bonds. The number of hydrogen-bond donors (Lipinski definition) is 1. The van der Waals surface area contributed by atoms with Gasteiger partial charge in [-0.2, -0.15) is 5.10 Å². The molecular weight excluding hydrogens is 379 g/mol. The number of halogens is 1. The Morgan fingerprint density at radius 3 is 2.40 bits per heavy atom. The maximum atomic E-state index is 13.3. The smallest absolute Gasteiger partial charge is 0.147 e. The summed E-state index contributed by atoms with van der Waals surface area (Å²) in [7, 11) is 1.96. The standard InChI is InChI=1S/C23H19FN6/c1-15-25-14-30(28-15)19-12-10-18(11-13-19)26-20-4-3-5-21-22(20)27-23(29(21)2)16-6-8-17(24)9-7-16/h3-14,26H,1-2H3. The highest BCUT2D eigenvalue weighted by molar-refractivity contribution is 5.93. The largest absolute Gasteiger partial charge is 0.354 e. The second-order valence-electron chi connectivity index (χ2n) is 7.08. The molecule has 6 nitrogen and oxygen atoms in total.